The van der Waals surface area contributed by atoms with Crippen LogP contribution in [0.25, 0.3) is 0 Å². The molecule has 1 fully saturated rings. The fourth-order valence-electron chi connectivity index (χ4n) is 2.45. The number of aryl methyl sites for hydroxylation is 1. The van der Waals surface area contributed by atoms with Gasteiger partial charge in [-0.15, -0.1) is 0 Å². The molecule has 134 valence electrons. The van der Waals surface area contributed by atoms with Gasteiger partial charge in [-0.25, -0.2) is 13.1 Å². The van der Waals surface area contributed by atoms with Crippen molar-refractivity contribution < 1.29 is 17.7 Å². The van der Waals surface area contributed by atoms with E-state index < -0.39 is 28.3 Å². The molecule has 0 bridgehead atoms. The highest BCUT2D eigenvalue weighted by molar-refractivity contribution is 7.89. The topological polar surface area (TPSA) is 64.6 Å². The van der Waals surface area contributed by atoms with Crippen LogP contribution in [0.4, 0.5) is 0 Å². The van der Waals surface area contributed by atoms with Crippen LogP contribution in [0.5, 0.6) is 0 Å². The zero-order chi connectivity index (χ0) is 18.3. The van der Waals surface area contributed by atoms with Crippen LogP contribution in [-0.2, 0) is 19.3 Å². The lowest BCUT2D eigenvalue weighted by Gasteiger charge is -2.32. The van der Waals surface area contributed by atoms with Gasteiger partial charge >= 0.3 is 7.12 Å². The first-order chi connectivity index (χ1) is 10.9. The van der Waals surface area contributed by atoms with Crippen molar-refractivity contribution in [3.63, 3.8) is 0 Å². The van der Waals surface area contributed by atoms with Crippen molar-refractivity contribution >= 4 is 22.6 Å². The molecule has 1 saturated heterocycles. The van der Waals surface area contributed by atoms with Crippen LogP contribution in [0.3, 0.4) is 0 Å². The lowest BCUT2D eigenvalue weighted by atomic mass is 9.78. The standard InChI is InChI=1S/C17H28BNO4S/c1-12(2)11-19-24(20,21)15-9-8-14(10-13(15)3)18-22-16(4,5)17(6,7)23-18/h8-10,12,19H,11H2,1-7H3. The van der Waals surface area contributed by atoms with Gasteiger partial charge in [-0.3, -0.25) is 0 Å². The van der Waals surface area contributed by atoms with Crippen molar-refractivity contribution in [2.45, 2.75) is 64.6 Å². The Kier molecular flexibility index (Phi) is 5.22. The van der Waals surface area contributed by atoms with E-state index in [1.807, 2.05) is 47.6 Å². The molecule has 0 atom stereocenters. The Morgan fingerprint density at radius 2 is 1.67 bits per heavy atom. The second kappa shape index (κ2) is 6.44. The number of hydrogen-bond acceptors (Lipinski definition) is 4. The van der Waals surface area contributed by atoms with Crippen LogP contribution in [0, 0.1) is 12.8 Å². The predicted molar refractivity (Wildman–Crippen MR) is 96.9 cm³/mol. The van der Waals surface area contributed by atoms with Crippen LogP contribution < -0.4 is 10.2 Å². The van der Waals surface area contributed by atoms with E-state index in [0.29, 0.717) is 17.0 Å². The summed E-state index contributed by atoms with van der Waals surface area (Å²) < 4.78 is 39.5. The normalized spacial score (nSPS) is 19.9. The van der Waals surface area contributed by atoms with Gasteiger partial charge < -0.3 is 9.31 Å². The maximum Gasteiger partial charge on any atom is 0.494 e. The van der Waals surface area contributed by atoms with Gasteiger partial charge in [0.05, 0.1) is 16.1 Å². The van der Waals surface area contributed by atoms with Crippen LogP contribution in [0.1, 0.15) is 47.1 Å². The smallest absolute Gasteiger partial charge is 0.399 e. The summed E-state index contributed by atoms with van der Waals surface area (Å²) in [7, 11) is -4.00. The van der Waals surface area contributed by atoms with Crippen LogP contribution in [-0.4, -0.2) is 33.3 Å². The minimum absolute atomic E-state index is 0.254. The first-order valence-electron chi connectivity index (χ1n) is 8.31. The molecule has 0 spiro atoms. The molecule has 1 heterocycles. The predicted octanol–water partition coefficient (Wildman–Crippen LogP) is 2.23. The summed E-state index contributed by atoms with van der Waals surface area (Å²) in [6.07, 6.45) is 0. The molecule has 2 rings (SSSR count). The molecule has 0 saturated carbocycles. The summed E-state index contributed by atoms with van der Waals surface area (Å²) >= 11 is 0. The average Bonchev–Trinajstić information content (AvgIpc) is 2.65. The third kappa shape index (κ3) is 3.85. The van der Waals surface area contributed by atoms with Crippen molar-refractivity contribution in [3.8, 4) is 0 Å². The van der Waals surface area contributed by atoms with E-state index in [4.69, 9.17) is 9.31 Å². The Bertz CT molecular complexity index is 697. The summed E-state index contributed by atoms with van der Waals surface area (Å²) in [6, 6.07) is 5.21. The maximum absolute atomic E-state index is 12.4. The molecule has 1 N–H and O–H groups in total. The van der Waals surface area contributed by atoms with E-state index in [0.717, 1.165) is 5.46 Å². The van der Waals surface area contributed by atoms with Gasteiger partial charge in [0, 0.05) is 6.54 Å². The summed E-state index contributed by atoms with van der Waals surface area (Å²) in [5.74, 6) is 0.254. The van der Waals surface area contributed by atoms with E-state index in [9.17, 15) is 8.42 Å². The van der Waals surface area contributed by atoms with Crippen molar-refractivity contribution in [1.29, 1.82) is 0 Å². The zero-order valence-electron chi connectivity index (χ0n) is 15.6. The molecule has 1 aromatic rings. The fraction of sp³-hybridized carbons (Fsp3) is 0.647. The van der Waals surface area contributed by atoms with Gasteiger partial charge in [-0.2, -0.15) is 0 Å². The molecule has 24 heavy (non-hydrogen) atoms. The van der Waals surface area contributed by atoms with Crippen LogP contribution >= 0.6 is 0 Å². The van der Waals surface area contributed by atoms with Crippen molar-refractivity contribution in [2.75, 3.05) is 6.54 Å². The molecule has 0 radical (unpaired) electrons. The molecular weight excluding hydrogens is 325 g/mol. The molecule has 0 amide bonds. The fourth-order valence-corrected chi connectivity index (χ4v) is 3.89. The number of rotatable bonds is 5. The maximum atomic E-state index is 12.4. The Labute approximate surface area is 146 Å². The Balaban J connectivity index is 2.25. The molecule has 0 aromatic heterocycles. The molecule has 0 aliphatic carbocycles. The van der Waals surface area contributed by atoms with E-state index in [1.54, 1.807) is 19.1 Å². The highest BCUT2D eigenvalue weighted by Crippen LogP contribution is 2.36. The summed E-state index contributed by atoms with van der Waals surface area (Å²) in [4.78, 5) is 0.295. The van der Waals surface area contributed by atoms with Crippen molar-refractivity contribution in [3.05, 3.63) is 23.8 Å². The summed E-state index contributed by atoms with van der Waals surface area (Å²) in [5, 5.41) is 0. The average molecular weight is 353 g/mol. The quantitative estimate of drug-likeness (QED) is 0.825. The van der Waals surface area contributed by atoms with Crippen LogP contribution in [0.2, 0.25) is 0 Å². The first kappa shape index (κ1) is 19.4. The van der Waals surface area contributed by atoms with Gasteiger partial charge in [-0.05, 0) is 57.6 Å². The molecule has 1 aliphatic rings. The minimum Gasteiger partial charge on any atom is -0.399 e. The monoisotopic (exact) mass is 353 g/mol. The van der Waals surface area contributed by atoms with E-state index in [2.05, 4.69) is 4.72 Å². The van der Waals surface area contributed by atoms with Crippen LogP contribution in [0.15, 0.2) is 23.1 Å². The minimum atomic E-state index is -3.50. The Morgan fingerprint density at radius 1 is 1.12 bits per heavy atom. The Hall–Kier alpha value is -0.885. The molecule has 5 nitrogen and oxygen atoms in total. The van der Waals surface area contributed by atoms with E-state index >= 15 is 0 Å². The van der Waals surface area contributed by atoms with Gasteiger partial charge in [-0.1, -0.05) is 26.0 Å². The zero-order valence-corrected chi connectivity index (χ0v) is 16.5. The summed E-state index contributed by atoms with van der Waals surface area (Å²) in [6.45, 7) is 14.1. The van der Waals surface area contributed by atoms with Gasteiger partial charge in [0.1, 0.15) is 0 Å². The second-order valence-corrected chi connectivity index (χ2v) is 9.59. The molecular formula is C17H28BNO4S. The highest BCUT2D eigenvalue weighted by atomic mass is 32.2. The van der Waals surface area contributed by atoms with Crippen molar-refractivity contribution in [2.24, 2.45) is 5.92 Å². The number of hydrogen-bond donors (Lipinski definition) is 1. The lowest BCUT2D eigenvalue weighted by molar-refractivity contribution is 0.00578. The molecule has 7 heteroatoms. The first-order valence-corrected chi connectivity index (χ1v) is 9.80. The van der Waals surface area contributed by atoms with Gasteiger partial charge in [0.15, 0.2) is 0 Å². The SMILES string of the molecule is Cc1cc(B2OC(C)(C)C(C)(C)O2)ccc1S(=O)(=O)NCC(C)C. The highest BCUT2D eigenvalue weighted by Gasteiger charge is 2.51. The molecule has 0 unspecified atom stereocenters. The van der Waals surface area contributed by atoms with E-state index in [1.165, 1.54) is 0 Å². The Morgan fingerprint density at radius 3 is 2.12 bits per heavy atom. The number of sulfonamides is 1. The van der Waals surface area contributed by atoms with E-state index in [-0.39, 0.29) is 5.92 Å². The van der Waals surface area contributed by atoms with Gasteiger partial charge in [0.2, 0.25) is 10.0 Å². The summed E-state index contributed by atoms with van der Waals surface area (Å²) in [5.41, 5.74) is 0.664. The number of benzene rings is 1. The third-order valence-electron chi connectivity index (χ3n) is 4.70. The second-order valence-electron chi connectivity index (χ2n) is 7.86. The lowest BCUT2D eigenvalue weighted by Crippen LogP contribution is -2.41. The number of nitrogens with one attached hydrogen (secondary N) is 1. The largest absolute Gasteiger partial charge is 0.494 e. The molecule has 1 aromatic carbocycles. The van der Waals surface area contributed by atoms with Crippen molar-refractivity contribution in [1.82, 2.24) is 4.72 Å². The molecule has 1 aliphatic heterocycles. The third-order valence-corrected chi connectivity index (χ3v) is 6.28. The van der Waals surface area contributed by atoms with Gasteiger partial charge in [0.25, 0.3) is 0 Å².